The Hall–Kier alpha value is -1.11. The van der Waals surface area contributed by atoms with Crippen LogP contribution in [-0.2, 0) is 19.4 Å². The zero-order valence-electron chi connectivity index (χ0n) is 12.0. The number of carboxylic acid groups (broad SMARTS) is 1. The quantitative estimate of drug-likeness (QED) is 0.761. The maximum Gasteiger partial charge on any atom is 0.308 e. The lowest BCUT2D eigenvalue weighted by Crippen LogP contribution is -2.55. The second kappa shape index (κ2) is 6.56. The number of hydrogen-bond acceptors (Lipinski definition) is 4. The van der Waals surface area contributed by atoms with Crippen LogP contribution in [0.2, 0.25) is 0 Å². The highest BCUT2D eigenvalue weighted by Gasteiger charge is 2.41. The second-order valence-corrected chi connectivity index (χ2v) is 8.10. The summed E-state index contributed by atoms with van der Waals surface area (Å²) >= 11 is 0. The van der Waals surface area contributed by atoms with Crippen LogP contribution in [0.3, 0.4) is 0 Å². The first kappa shape index (κ1) is 16.9. The molecule has 1 amide bonds. The van der Waals surface area contributed by atoms with Gasteiger partial charge in [0.1, 0.15) is 9.84 Å². The van der Waals surface area contributed by atoms with E-state index < -0.39 is 27.3 Å². The van der Waals surface area contributed by atoms with Gasteiger partial charge < -0.3 is 10.4 Å². The van der Waals surface area contributed by atoms with E-state index in [9.17, 15) is 23.1 Å². The Labute approximate surface area is 119 Å². The molecule has 0 bridgehead atoms. The third-order valence-electron chi connectivity index (χ3n) is 3.85. The van der Waals surface area contributed by atoms with E-state index in [1.165, 1.54) is 0 Å². The lowest BCUT2D eigenvalue weighted by atomic mass is 9.74. The fraction of sp³-hybridized carbons (Fsp3) is 0.846. The molecule has 116 valence electrons. The van der Waals surface area contributed by atoms with E-state index in [1.54, 1.807) is 6.92 Å². The van der Waals surface area contributed by atoms with Crippen molar-refractivity contribution in [2.45, 2.75) is 51.0 Å². The summed E-state index contributed by atoms with van der Waals surface area (Å²) in [7, 11) is -3.07. The molecule has 0 aromatic carbocycles. The molecule has 2 unspecified atom stereocenters. The summed E-state index contributed by atoms with van der Waals surface area (Å²) in [6.45, 7) is 1.76. The van der Waals surface area contributed by atoms with Crippen molar-refractivity contribution in [2.24, 2.45) is 5.92 Å². The number of nitrogens with one attached hydrogen (secondary N) is 1. The van der Waals surface area contributed by atoms with Crippen LogP contribution >= 0.6 is 0 Å². The molecule has 2 N–H and O–H groups in total. The van der Waals surface area contributed by atoms with Crippen LogP contribution in [0.4, 0.5) is 0 Å². The Balaban J connectivity index is 2.55. The molecular weight excluding hydrogens is 282 g/mol. The predicted octanol–water partition coefficient (Wildman–Crippen LogP) is 0.961. The van der Waals surface area contributed by atoms with Gasteiger partial charge in [-0.05, 0) is 26.2 Å². The summed E-state index contributed by atoms with van der Waals surface area (Å²) in [5.74, 6) is -1.76. The molecule has 1 saturated carbocycles. The molecule has 0 saturated heterocycles. The van der Waals surface area contributed by atoms with Gasteiger partial charge in [0.2, 0.25) is 5.91 Å². The molecule has 0 spiro atoms. The van der Waals surface area contributed by atoms with Crippen LogP contribution in [-0.4, -0.2) is 42.9 Å². The highest BCUT2D eigenvalue weighted by atomic mass is 32.2. The van der Waals surface area contributed by atoms with Crippen molar-refractivity contribution in [1.82, 2.24) is 5.32 Å². The molecule has 2 atom stereocenters. The van der Waals surface area contributed by atoms with Gasteiger partial charge in [-0.3, -0.25) is 9.59 Å². The lowest BCUT2D eigenvalue weighted by Gasteiger charge is -2.39. The second-order valence-electron chi connectivity index (χ2n) is 5.84. The Morgan fingerprint density at radius 1 is 1.35 bits per heavy atom. The SMILES string of the molecule is CC1(NC(=O)CCCS(C)(=O)=O)CCCCC1C(=O)O. The van der Waals surface area contributed by atoms with Crippen molar-refractivity contribution in [3.8, 4) is 0 Å². The van der Waals surface area contributed by atoms with E-state index in [0.717, 1.165) is 19.1 Å². The molecule has 6 nitrogen and oxygen atoms in total. The smallest absolute Gasteiger partial charge is 0.308 e. The molecule has 0 aromatic heterocycles. The summed E-state index contributed by atoms with van der Waals surface area (Å²) < 4.78 is 22.0. The molecule has 0 heterocycles. The summed E-state index contributed by atoms with van der Waals surface area (Å²) in [4.78, 5) is 23.1. The Morgan fingerprint density at radius 3 is 2.55 bits per heavy atom. The van der Waals surface area contributed by atoms with E-state index in [-0.39, 0.29) is 24.5 Å². The van der Waals surface area contributed by atoms with Gasteiger partial charge in [0.05, 0.1) is 17.2 Å². The minimum absolute atomic E-state index is 0.0283. The number of carbonyl (C=O) groups excluding carboxylic acids is 1. The van der Waals surface area contributed by atoms with Crippen LogP contribution < -0.4 is 5.32 Å². The third-order valence-corrected chi connectivity index (χ3v) is 4.88. The number of carbonyl (C=O) groups is 2. The fourth-order valence-corrected chi connectivity index (χ4v) is 3.42. The number of sulfone groups is 1. The Morgan fingerprint density at radius 2 is 2.00 bits per heavy atom. The summed E-state index contributed by atoms with van der Waals surface area (Å²) in [5.41, 5.74) is -0.730. The van der Waals surface area contributed by atoms with Gasteiger partial charge in [-0.2, -0.15) is 0 Å². The molecule has 20 heavy (non-hydrogen) atoms. The van der Waals surface area contributed by atoms with Gasteiger partial charge >= 0.3 is 5.97 Å². The topological polar surface area (TPSA) is 101 Å². The van der Waals surface area contributed by atoms with E-state index >= 15 is 0 Å². The highest BCUT2D eigenvalue weighted by molar-refractivity contribution is 7.90. The number of aliphatic carboxylic acids is 1. The Bertz CT molecular complexity index is 473. The van der Waals surface area contributed by atoms with Gasteiger partial charge in [0, 0.05) is 12.7 Å². The van der Waals surface area contributed by atoms with E-state index in [0.29, 0.717) is 12.8 Å². The summed E-state index contributed by atoms with van der Waals surface area (Å²) in [5, 5.41) is 12.0. The van der Waals surface area contributed by atoms with E-state index in [4.69, 9.17) is 0 Å². The van der Waals surface area contributed by atoms with Crippen molar-refractivity contribution >= 4 is 21.7 Å². The first-order valence-electron chi connectivity index (χ1n) is 6.85. The maximum atomic E-state index is 11.9. The largest absolute Gasteiger partial charge is 0.481 e. The summed E-state index contributed by atoms with van der Waals surface area (Å²) in [6.07, 6.45) is 4.46. The molecule has 1 rings (SSSR count). The standard InChI is InChI=1S/C13H23NO5S/c1-13(8-4-3-6-10(13)12(16)17)14-11(15)7-5-9-20(2,18)19/h10H,3-9H2,1-2H3,(H,14,15)(H,16,17). The normalized spacial score (nSPS) is 27.0. The molecule has 0 aliphatic heterocycles. The summed E-state index contributed by atoms with van der Waals surface area (Å²) in [6, 6.07) is 0. The molecule has 1 fully saturated rings. The molecule has 7 heteroatoms. The monoisotopic (exact) mass is 305 g/mol. The molecular formula is C13H23NO5S. The average Bonchev–Trinajstić information content (AvgIpc) is 2.26. The maximum absolute atomic E-state index is 11.9. The van der Waals surface area contributed by atoms with Crippen molar-refractivity contribution in [3.63, 3.8) is 0 Å². The van der Waals surface area contributed by atoms with Crippen molar-refractivity contribution in [1.29, 1.82) is 0 Å². The first-order chi connectivity index (χ1) is 9.14. The van der Waals surface area contributed by atoms with Crippen LogP contribution in [0.5, 0.6) is 0 Å². The zero-order chi connectivity index (χ0) is 15.4. The van der Waals surface area contributed by atoms with Crippen LogP contribution in [0.25, 0.3) is 0 Å². The van der Waals surface area contributed by atoms with E-state index in [1.807, 2.05) is 0 Å². The van der Waals surface area contributed by atoms with Crippen molar-refractivity contribution in [3.05, 3.63) is 0 Å². The van der Waals surface area contributed by atoms with Crippen LogP contribution in [0.1, 0.15) is 45.4 Å². The molecule has 0 radical (unpaired) electrons. The minimum atomic E-state index is -3.07. The van der Waals surface area contributed by atoms with Crippen molar-refractivity contribution in [2.75, 3.05) is 12.0 Å². The lowest BCUT2D eigenvalue weighted by molar-refractivity contribution is -0.146. The number of rotatable bonds is 6. The Kier molecular flexibility index (Phi) is 5.56. The average molecular weight is 305 g/mol. The molecule has 1 aliphatic carbocycles. The molecule has 0 aromatic rings. The zero-order valence-corrected chi connectivity index (χ0v) is 12.8. The minimum Gasteiger partial charge on any atom is -0.481 e. The first-order valence-corrected chi connectivity index (χ1v) is 8.92. The van der Waals surface area contributed by atoms with Crippen LogP contribution in [0, 0.1) is 5.92 Å². The van der Waals surface area contributed by atoms with Gasteiger partial charge in [0.15, 0.2) is 0 Å². The van der Waals surface area contributed by atoms with Crippen molar-refractivity contribution < 1.29 is 23.1 Å². The van der Waals surface area contributed by atoms with Gasteiger partial charge in [0.25, 0.3) is 0 Å². The number of carboxylic acids is 1. The van der Waals surface area contributed by atoms with Gasteiger partial charge in [-0.25, -0.2) is 8.42 Å². The predicted molar refractivity (Wildman–Crippen MR) is 75.1 cm³/mol. The van der Waals surface area contributed by atoms with Crippen LogP contribution in [0.15, 0.2) is 0 Å². The third kappa shape index (κ3) is 5.11. The highest BCUT2D eigenvalue weighted by Crippen LogP contribution is 2.33. The number of amides is 1. The van der Waals surface area contributed by atoms with Gasteiger partial charge in [-0.1, -0.05) is 12.8 Å². The number of hydrogen-bond donors (Lipinski definition) is 2. The fourth-order valence-electron chi connectivity index (χ4n) is 2.76. The van der Waals surface area contributed by atoms with E-state index in [2.05, 4.69) is 5.32 Å². The molecule has 1 aliphatic rings. The van der Waals surface area contributed by atoms with Gasteiger partial charge in [-0.15, -0.1) is 0 Å².